The van der Waals surface area contributed by atoms with E-state index in [4.69, 9.17) is 0 Å². The minimum Gasteiger partial charge on any atom is -0.321 e. The highest BCUT2D eigenvalue weighted by molar-refractivity contribution is 9.10. The van der Waals surface area contributed by atoms with Crippen molar-refractivity contribution in [2.45, 2.75) is 6.54 Å². The summed E-state index contributed by atoms with van der Waals surface area (Å²) in [6, 6.07) is 22.9. The molecule has 0 saturated carbocycles. The highest BCUT2D eigenvalue weighted by atomic mass is 79.9. The van der Waals surface area contributed by atoms with Crippen LogP contribution < -0.4 is 10.9 Å². The second-order valence-corrected chi connectivity index (χ2v) is 5.49. The maximum Gasteiger partial charge on any atom is 0.0487 e. The molecule has 0 aliphatic heterocycles. The Morgan fingerprint density at radius 3 is 2.55 bits per heavy atom. The molecule has 100 valence electrons. The standard InChI is InChI=1S/C17H15BrN2/c18-17-8-4-5-14-10-9-13(11-16(14)17)12-19-20-15-6-2-1-3-7-15/h1-11,19-20H,12H2. The number of fused-ring (bicyclic) bond motifs is 1. The van der Waals surface area contributed by atoms with Gasteiger partial charge >= 0.3 is 0 Å². The van der Waals surface area contributed by atoms with Gasteiger partial charge in [0.25, 0.3) is 0 Å². The molecule has 0 aliphatic carbocycles. The summed E-state index contributed by atoms with van der Waals surface area (Å²) < 4.78 is 1.13. The molecular weight excluding hydrogens is 312 g/mol. The lowest BCUT2D eigenvalue weighted by atomic mass is 10.1. The van der Waals surface area contributed by atoms with E-state index in [0.29, 0.717) is 0 Å². The first-order chi connectivity index (χ1) is 9.83. The minimum absolute atomic E-state index is 0.770. The normalized spacial score (nSPS) is 10.7. The molecule has 0 radical (unpaired) electrons. The van der Waals surface area contributed by atoms with E-state index in [1.54, 1.807) is 0 Å². The summed E-state index contributed by atoms with van der Waals surface area (Å²) in [6.07, 6.45) is 0. The fraction of sp³-hybridized carbons (Fsp3) is 0.0588. The zero-order valence-electron chi connectivity index (χ0n) is 10.9. The van der Waals surface area contributed by atoms with E-state index in [0.717, 1.165) is 16.7 Å². The maximum absolute atomic E-state index is 3.60. The number of halogens is 1. The van der Waals surface area contributed by atoms with Gasteiger partial charge in [-0.3, -0.25) is 0 Å². The molecule has 0 fully saturated rings. The number of hydrogen-bond donors (Lipinski definition) is 2. The van der Waals surface area contributed by atoms with Crippen LogP contribution >= 0.6 is 15.9 Å². The molecule has 0 bridgehead atoms. The van der Waals surface area contributed by atoms with Crippen molar-refractivity contribution in [2.24, 2.45) is 0 Å². The van der Waals surface area contributed by atoms with E-state index in [2.05, 4.69) is 63.2 Å². The third-order valence-electron chi connectivity index (χ3n) is 3.19. The van der Waals surface area contributed by atoms with Crippen LogP contribution in [0.5, 0.6) is 0 Å². The maximum atomic E-state index is 3.60. The lowest BCUT2D eigenvalue weighted by Crippen LogP contribution is -2.20. The fourth-order valence-electron chi connectivity index (χ4n) is 2.16. The van der Waals surface area contributed by atoms with Gasteiger partial charge < -0.3 is 5.43 Å². The molecule has 0 aliphatic rings. The summed E-state index contributed by atoms with van der Waals surface area (Å²) in [4.78, 5) is 0. The van der Waals surface area contributed by atoms with Gasteiger partial charge in [0.15, 0.2) is 0 Å². The summed E-state index contributed by atoms with van der Waals surface area (Å²) in [5.74, 6) is 0. The molecule has 0 spiro atoms. The number of hydrogen-bond acceptors (Lipinski definition) is 2. The molecule has 20 heavy (non-hydrogen) atoms. The monoisotopic (exact) mass is 326 g/mol. The van der Waals surface area contributed by atoms with Crippen LogP contribution in [0.15, 0.2) is 71.2 Å². The predicted octanol–water partition coefficient (Wildman–Crippen LogP) is 4.72. The first-order valence-electron chi connectivity index (χ1n) is 6.54. The Balaban J connectivity index is 1.70. The SMILES string of the molecule is Brc1cccc2ccc(CNNc3ccccc3)cc12. The number of para-hydroxylation sites is 1. The van der Waals surface area contributed by atoms with E-state index in [1.165, 1.54) is 16.3 Å². The molecule has 3 aromatic rings. The summed E-state index contributed by atoms with van der Waals surface area (Å²) >= 11 is 3.60. The average molecular weight is 327 g/mol. The van der Waals surface area contributed by atoms with Crippen molar-refractivity contribution in [1.82, 2.24) is 5.43 Å². The van der Waals surface area contributed by atoms with Crippen molar-refractivity contribution in [3.05, 3.63) is 76.8 Å². The summed E-state index contributed by atoms with van der Waals surface area (Å²) in [5.41, 5.74) is 8.74. The van der Waals surface area contributed by atoms with Crippen LogP contribution in [0.3, 0.4) is 0 Å². The largest absolute Gasteiger partial charge is 0.321 e. The number of hydrazine groups is 1. The highest BCUT2D eigenvalue weighted by Gasteiger charge is 2.00. The van der Waals surface area contributed by atoms with Crippen molar-refractivity contribution in [3.8, 4) is 0 Å². The molecule has 0 aromatic heterocycles. The number of anilines is 1. The van der Waals surface area contributed by atoms with Gasteiger partial charge in [0.2, 0.25) is 0 Å². The molecule has 2 nitrogen and oxygen atoms in total. The van der Waals surface area contributed by atoms with Crippen molar-refractivity contribution < 1.29 is 0 Å². The molecule has 3 rings (SSSR count). The first kappa shape index (κ1) is 13.2. The third-order valence-corrected chi connectivity index (χ3v) is 3.88. The quantitative estimate of drug-likeness (QED) is 0.678. The van der Waals surface area contributed by atoms with Gasteiger partial charge in [-0.1, -0.05) is 58.4 Å². The third kappa shape index (κ3) is 3.00. The van der Waals surface area contributed by atoms with Crippen molar-refractivity contribution in [3.63, 3.8) is 0 Å². The van der Waals surface area contributed by atoms with Gasteiger partial charge in [0.1, 0.15) is 0 Å². The molecule has 3 heteroatoms. The topological polar surface area (TPSA) is 24.1 Å². The molecule has 2 N–H and O–H groups in total. The van der Waals surface area contributed by atoms with Crippen LogP contribution in [0.2, 0.25) is 0 Å². The van der Waals surface area contributed by atoms with Crippen LogP contribution in [-0.2, 0) is 6.54 Å². The van der Waals surface area contributed by atoms with Crippen LogP contribution in [0, 0.1) is 0 Å². The molecule has 0 unspecified atom stereocenters. The Bertz CT molecular complexity index is 711. The number of nitrogens with one attached hydrogen (secondary N) is 2. The Hall–Kier alpha value is -1.84. The van der Waals surface area contributed by atoms with Gasteiger partial charge in [0, 0.05) is 16.7 Å². The van der Waals surface area contributed by atoms with E-state index in [9.17, 15) is 0 Å². The van der Waals surface area contributed by atoms with Crippen LogP contribution in [0.4, 0.5) is 5.69 Å². The smallest absolute Gasteiger partial charge is 0.0487 e. The van der Waals surface area contributed by atoms with E-state index < -0.39 is 0 Å². The summed E-state index contributed by atoms with van der Waals surface area (Å²) in [5, 5.41) is 2.49. The fourth-order valence-corrected chi connectivity index (χ4v) is 2.66. The Morgan fingerprint density at radius 1 is 0.850 bits per heavy atom. The molecule has 3 aromatic carbocycles. The first-order valence-corrected chi connectivity index (χ1v) is 7.33. The molecule has 0 heterocycles. The highest BCUT2D eigenvalue weighted by Crippen LogP contribution is 2.24. The number of rotatable bonds is 4. The summed E-state index contributed by atoms with van der Waals surface area (Å²) in [7, 11) is 0. The van der Waals surface area contributed by atoms with Gasteiger partial charge in [-0.15, -0.1) is 0 Å². The van der Waals surface area contributed by atoms with Gasteiger partial charge in [-0.2, -0.15) is 0 Å². The molecule has 0 saturated heterocycles. The molecular formula is C17H15BrN2. The van der Waals surface area contributed by atoms with Crippen LogP contribution in [0.25, 0.3) is 10.8 Å². The van der Waals surface area contributed by atoms with Crippen molar-refractivity contribution >= 4 is 32.4 Å². The average Bonchev–Trinajstić information content (AvgIpc) is 2.49. The van der Waals surface area contributed by atoms with E-state index in [1.807, 2.05) is 30.3 Å². The van der Waals surface area contributed by atoms with Gasteiger partial charge in [0.05, 0.1) is 0 Å². The Morgan fingerprint density at radius 2 is 1.70 bits per heavy atom. The Kier molecular flexibility index (Phi) is 4.00. The Labute approximate surface area is 126 Å². The second-order valence-electron chi connectivity index (χ2n) is 4.64. The van der Waals surface area contributed by atoms with Crippen LogP contribution in [0.1, 0.15) is 5.56 Å². The lowest BCUT2D eigenvalue weighted by Gasteiger charge is -2.09. The zero-order chi connectivity index (χ0) is 13.8. The summed E-state index contributed by atoms with van der Waals surface area (Å²) in [6.45, 7) is 0.770. The zero-order valence-corrected chi connectivity index (χ0v) is 12.5. The molecule has 0 atom stereocenters. The van der Waals surface area contributed by atoms with Crippen LogP contribution in [-0.4, -0.2) is 0 Å². The second kappa shape index (κ2) is 6.07. The van der Waals surface area contributed by atoms with Gasteiger partial charge in [-0.05, 0) is 40.6 Å². The van der Waals surface area contributed by atoms with Crippen molar-refractivity contribution in [1.29, 1.82) is 0 Å². The van der Waals surface area contributed by atoms with E-state index >= 15 is 0 Å². The van der Waals surface area contributed by atoms with E-state index in [-0.39, 0.29) is 0 Å². The predicted molar refractivity (Wildman–Crippen MR) is 88.6 cm³/mol. The molecule has 0 amide bonds. The van der Waals surface area contributed by atoms with Crippen molar-refractivity contribution in [2.75, 3.05) is 5.43 Å². The number of benzene rings is 3. The minimum atomic E-state index is 0.770. The lowest BCUT2D eigenvalue weighted by molar-refractivity contribution is 0.802. The van der Waals surface area contributed by atoms with Gasteiger partial charge in [-0.25, -0.2) is 5.43 Å².